The predicted molar refractivity (Wildman–Crippen MR) is 63.4 cm³/mol. The summed E-state index contributed by atoms with van der Waals surface area (Å²) in [6.07, 6.45) is 4.15. The van der Waals surface area contributed by atoms with Gasteiger partial charge in [-0.2, -0.15) is 0 Å². The molecule has 0 amide bonds. The molecule has 0 aromatic heterocycles. The molecule has 4 unspecified atom stereocenters. The molecule has 4 atom stereocenters. The third kappa shape index (κ3) is 2.31. The van der Waals surface area contributed by atoms with Gasteiger partial charge in [0.2, 0.25) is 0 Å². The Morgan fingerprint density at radius 3 is 2.29 bits per heavy atom. The van der Waals surface area contributed by atoms with Crippen molar-refractivity contribution in [1.82, 2.24) is 4.90 Å². The molecular weight excluding hydrogens is 170 g/mol. The molecule has 1 nitrogen and oxygen atoms in total. The first-order chi connectivity index (χ1) is 6.67. The summed E-state index contributed by atoms with van der Waals surface area (Å²) < 4.78 is 0. The second kappa shape index (κ2) is 5.16. The predicted octanol–water partition coefficient (Wildman–Crippen LogP) is 3.40. The van der Waals surface area contributed by atoms with E-state index in [4.69, 9.17) is 0 Å². The summed E-state index contributed by atoms with van der Waals surface area (Å²) in [6, 6.07) is 0.886. The van der Waals surface area contributed by atoms with Crippen LogP contribution in [0.1, 0.15) is 47.0 Å². The first kappa shape index (κ1) is 12.0. The van der Waals surface area contributed by atoms with Gasteiger partial charge in [0.15, 0.2) is 0 Å². The fourth-order valence-corrected chi connectivity index (χ4v) is 3.13. The SMILES string of the molecule is CCCC(CC)C1C(C)C1N(C)CC. The van der Waals surface area contributed by atoms with Crippen molar-refractivity contribution in [2.45, 2.75) is 53.0 Å². The molecule has 1 saturated carbocycles. The second-order valence-corrected chi connectivity index (χ2v) is 4.96. The Kier molecular flexibility index (Phi) is 4.43. The van der Waals surface area contributed by atoms with Crippen molar-refractivity contribution in [3.8, 4) is 0 Å². The summed E-state index contributed by atoms with van der Waals surface area (Å²) in [5.74, 6) is 2.91. The minimum atomic E-state index is 0.886. The molecule has 0 bridgehead atoms. The van der Waals surface area contributed by atoms with Gasteiger partial charge >= 0.3 is 0 Å². The van der Waals surface area contributed by atoms with E-state index in [0.717, 1.165) is 23.8 Å². The third-order valence-corrected chi connectivity index (χ3v) is 4.14. The Morgan fingerprint density at radius 2 is 1.86 bits per heavy atom. The Balaban J connectivity index is 2.46. The summed E-state index contributed by atoms with van der Waals surface area (Å²) in [5, 5.41) is 0. The summed E-state index contributed by atoms with van der Waals surface area (Å²) in [5.41, 5.74) is 0. The highest BCUT2D eigenvalue weighted by Gasteiger charge is 2.51. The zero-order chi connectivity index (χ0) is 10.7. The minimum absolute atomic E-state index is 0.886. The monoisotopic (exact) mass is 197 g/mol. The summed E-state index contributed by atoms with van der Waals surface area (Å²) in [7, 11) is 2.28. The molecule has 0 aliphatic heterocycles. The van der Waals surface area contributed by atoms with Gasteiger partial charge < -0.3 is 4.90 Å². The Morgan fingerprint density at radius 1 is 1.21 bits per heavy atom. The minimum Gasteiger partial charge on any atom is -0.303 e. The van der Waals surface area contributed by atoms with Crippen LogP contribution in [0.25, 0.3) is 0 Å². The summed E-state index contributed by atoms with van der Waals surface area (Å²) in [6.45, 7) is 10.6. The van der Waals surface area contributed by atoms with Crippen LogP contribution in [-0.2, 0) is 0 Å². The Hall–Kier alpha value is -0.0400. The van der Waals surface area contributed by atoms with E-state index in [1.165, 1.54) is 25.8 Å². The first-order valence-electron chi connectivity index (χ1n) is 6.37. The lowest BCUT2D eigenvalue weighted by atomic mass is 9.94. The Bertz CT molecular complexity index is 165. The first-order valence-corrected chi connectivity index (χ1v) is 6.37. The lowest BCUT2D eigenvalue weighted by Crippen LogP contribution is -2.24. The fraction of sp³-hybridized carbons (Fsp3) is 1.00. The van der Waals surface area contributed by atoms with Gasteiger partial charge in [0.05, 0.1) is 0 Å². The van der Waals surface area contributed by atoms with Crippen LogP contribution in [0.15, 0.2) is 0 Å². The van der Waals surface area contributed by atoms with E-state index in [2.05, 4.69) is 39.6 Å². The summed E-state index contributed by atoms with van der Waals surface area (Å²) in [4.78, 5) is 2.54. The van der Waals surface area contributed by atoms with Gasteiger partial charge in [0.25, 0.3) is 0 Å². The van der Waals surface area contributed by atoms with E-state index in [1.807, 2.05) is 0 Å². The maximum Gasteiger partial charge on any atom is 0.0155 e. The number of hydrogen-bond donors (Lipinski definition) is 0. The quantitative estimate of drug-likeness (QED) is 0.631. The van der Waals surface area contributed by atoms with Crippen LogP contribution < -0.4 is 0 Å². The average molecular weight is 197 g/mol. The zero-order valence-corrected chi connectivity index (χ0v) is 10.6. The number of nitrogens with zero attached hydrogens (tertiary/aromatic N) is 1. The highest BCUT2D eigenvalue weighted by Crippen LogP contribution is 2.49. The molecule has 1 aliphatic carbocycles. The Labute approximate surface area is 89.9 Å². The van der Waals surface area contributed by atoms with Crippen molar-refractivity contribution in [3.63, 3.8) is 0 Å². The maximum atomic E-state index is 2.54. The standard InChI is InChI=1S/C13H27N/c1-6-9-11(7-2)12-10(4)13(12)14(5)8-3/h10-13H,6-9H2,1-5H3. The van der Waals surface area contributed by atoms with Crippen LogP contribution in [0.2, 0.25) is 0 Å². The van der Waals surface area contributed by atoms with Gasteiger partial charge in [-0.1, -0.05) is 47.0 Å². The maximum absolute atomic E-state index is 2.54. The van der Waals surface area contributed by atoms with Crippen LogP contribution in [0, 0.1) is 17.8 Å². The molecule has 1 rings (SSSR count). The fourth-order valence-electron chi connectivity index (χ4n) is 3.13. The zero-order valence-electron chi connectivity index (χ0n) is 10.6. The van der Waals surface area contributed by atoms with Gasteiger partial charge in [-0.05, 0) is 31.3 Å². The van der Waals surface area contributed by atoms with Gasteiger partial charge in [0, 0.05) is 6.04 Å². The molecule has 84 valence electrons. The van der Waals surface area contributed by atoms with Gasteiger partial charge in [-0.3, -0.25) is 0 Å². The molecule has 1 heteroatoms. The smallest absolute Gasteiger partial charge is 0.0155 e. The van der Waals surface area contributed by atoms with Crippen LogP contribution >= 0.6 is 0 Å². The van der Waals surface area contributed by atoms with Crippen LogP contribution in [-0.4, -0.2) is 24.5 Å². The lowest BCUT2D eigenvalue weighted by Gasteiger charge is -2.18. The van der Waals surface area contributed by atoms with Crippen molar-refractivity contribution in [2.75, 3.05) is 13.6 Å². The topological polar surface area (TPSA) is 3.24 Å². The highest BCUT2D eigenvalue weighted by molar-refractivity contribution is 5.03. The van der Waals surface area contributed by atoms with E-state index < -0.39 is 0 Å². The van der Waals surface area contributed by atoms with Crippen molar-refractivity contribution in [1.29, 1.82) is 0 Å². The van der Waals surface area contributed by atoms with Gasteiger partial charge in [-0.25, -0.2) is 0 Å². The molecule has 0 aromatic carbocycles. The molecule has 0 heterocycles. The molecule has 1 fully saturated rings. The van der Waals surface area contributed by atoms with Crippen molar-refractivity contribution in [2.24, 2.45) is 17.8 Å². The van der Waals surface area contributed by atoms with Crippen LogP contribution in [0.4, 0.5) is 0 Å². The van der Waals surface area contributed by atoms with E-state index in [9.17, 15) is 0 Å². The van der Waals surface area contributed by atoms with E-state index >= 15 is 0 Å². The van der Waals surface area contributed by atoms with Crippen molar-refractivity contribution >= 4 is 0 Å². The van der Waals surface area contributed by atoms with Crippen molar-refractivity contribution < 1.29 is 0 Å². The lowest BCUT2D eigenvalue weighted by molar-refractivity contribution is 0.288. The molecule has 1 aliphatic rings. The van der Waals surface area contributed by atoms with Crippen molar-refractivity contribution in [3.05, 3.63) is 0 Å². The molecule has 0 spiro atoms. The molecular formula is C13H27N. The molecule has 14 heavy (non-hydrogen) atoms. The summed E-state index contributed by atoms with van der Waals surface area (Å²) >= 11 is 0. The average Bonchev–Trinajstić information content (AvgIpc) is 2.85. The normalized spacial score (nSPS) is 33.4. The van der Waals surface area contributed by atoms with Crippen LogP contribution in [0.5, 0.6) is 0 Å². The molecule has 0 aromatic rings. The number of rotatable bonds is 6. The van der Waals surface area contributed by atoms with E-state index in [-0.39, 0.29) is 0 Å². The van der Waals surface area contributed by atoms with Gasteiger partial charge in [0.1, 0.15) is 0 Å². The van der Waals surface area contributed by atoms with Gasteiger partial charge in [-0.15, -0.1) is 0 Å². The largest absolute Gasteiger partial charge is 0.303 e. The number of hydrogen-bond acceptors (Lipinski definition) is 1. The highest BCUT2D eigenvalue weighted by atomic mass is 15.2. The second-order valence-electron chi connectivity index (χ2n) is 4.96. The molecule has 0 radical (unpaired) electrons. The van der Waals surface area contributed by atoms with Crippen LogP contribution in [0.3, 0.4) is 0 Å². The molecule has 0 saturated heterocycles. The van der Waals surface area contributed by atoms with E-state index in [1.54, 1.807) is 0 Å². The third-order valence-electron chi connectivity index (χ3n) is 4.14. The molecule has 0 N–H and O–H groups in total. The van der Waals surface area contributed by atoms with E-state index in [0.29, 0.717) is 0 Å².